The first-order chi connectivity index (χ1) is 11.0. The van der Waals surface area contributed by atoms with Gasteiger partial charge in [-0.1, -0.05) is 43.0 Å². The Morgan fingerprint density at radius 3 is 1.65 bits per heavy atom. The summed E-state index contributed by atoms with van der Waals surface area (Å²) in [7, 11) is 0. The molecule has 2 rings (SSSR count). The van der Waals surface area contributed by atoms with Crippen LogP contribution in [0.1, 0.15) is 18.1 Å². The first-order valence-electron chi connectivity index (χ1n) is 7.08. The minimum absolute atomic E-state index is 0.424. The third-order valence-electron chi connectivity index (χ3n) is 3.89. The molecule has 0 bridgehead atoms. The molecule has 0 atom stereocenters. The number of primary amides is 1. The molecular formula is C19H17F2NO. The van der Waals surface area contributed by atoms with Crippen LogP contribution in [0.4, 0.5) is 8.78 Å². The molecule has 2 aromatic rings. The zero-order chi connectivity index (χ0) is 17.0. The molecular weight excluding hydrogens is 296 g/mol. The van der Waals surface area contributed by atoms with Crippen LogP contribution in [0.2, 0.25) is 0 Å². The van der Waals surface area contributed by atoms with Crippen LogP contribution in [0.5, 0.6) is 0 Å². The quantitative estimate of drug-likeness (QED) is 0.837. The number of carbonyl (C=O) groups excluding carboxylic acids is 1. The molecule has 0 heterocycles. The van der Waals surface area contributed by atoms with Gasteiger partial charge >= 0.3 is 0 Å². The van der Waals surface area contributed by atoms with E-state index in [0.717, 1.165) is 0 Å². The molecule has 0 saturated heterocycles. The minimum atomic E-state index is -1.36. The summed E-state index contributed by atoms with van der Waals surface area (Å²) in [6, 6.07) is 11.0. The number of benzene rings is 2. The maximum absolute atomic E-state index is 13.3. The third-order valence-corrected chi connectivity index (χ3v) is 3.89. The van der Waals surface area contributed by atoms with Gasteiger partial charge < -0.3 is 5.73 Å². The van der Waals surface area contributed by atoms with Crippen LogP contribution < -0.4 is 5.73 Å². The lowest BCUT2D eigenvalue weighted by atomic mass is 9.68. The SMILES string of the molecule is C=CC(=CC)C(C(N)=O)(c1ccc(F)cc1)c1ccc(F)cc1. The molecule has 4 heteroatoms. The number of nitrogens with two attached hydrogens (primary N) is 1. The Hall–Kier alpha value is -2.75. The summed E-state index contributed by atoms with van der Waals surface area (Å²) in [5.74, 6) is -1.50. The van der Waals surface area contributed by atoms with Gasteiger partial charge in [-0.3, -0.25) is 4.79 Å². The van der Waals surface area contributed by atoms with E-state index in [1.807, 2.05) is 0 Å². The second kappa shape index (κ2) is 6.57. The molecule has 0 aromatic heterocycles. The van der Waals surface area contributed by atoms with Crippen molar-refractivity contribution in [3.05, 3.63) is 95.6 Å². The van der Waals surface area contributed by atoms with Crippen molar-refractivity contribution in [1.29, 1.82) is 0 Å². The molecule has 0 spiro atoms. The van der Waals surface area contributed by atoms with E-state index in [9.17, 15) is 13.6 Å². The number of rotatable bonds is 5. The van der Waals surface area contributed by atoms with Gasteiger partial charge in [0.2, 0.25) is 5.91 Å². The molecule has 2 aromatic carbocycles. The fourth-order valence-electron chi connectivity index (χ4n) is 2.81. The molecule has 2 nitrogen and oxygen atoms in total. The maximum atomic E-state index is 13.3. The molecule has 23 heavy (non-hydrogen) atoms. The molecule has 0 saturated carbocycles. The standard InChI is InChI=1S/C19H17F2NO/c1-3-13(4-2)19(18(22)23,14-5-9-16(20)10-6-14)15-7-11-17(21)12-8-15/h3-12H,1H2,2H3,(H2,22,23). The summed E-state index contributed by atoms with van der Waals surface area (Å²) in [6.45, 7) is 5.49. The molecule has 0 aliphatic rings. The Labute approximate surface area is 133 Å². The average molecular weight is 313 g/mol. The van der Waals surface area contributed by atoms with Crippen molar-refractivity contribution in [2.24, 2.45) is 5.73 Å². The largest absolute Gasteiger partial charge is 0.368 e. The smallest absolute Gasteiger partial charge is 0.237 e. The predicted octanol–water partition coefficient (Wildman–Crippen LogP) is 3.87. The molecule has 1 amide bonds. The lowest BCUT2D eigenvalue weighted by Crippen LogP contribution is -2.43. The fourth-order valence-corrected chi connectivity index (χ4v) is 2.81. The highest BCUT2D eigenvalue weighted by atomic mass is 19.1. The van der Waals surface area contributed by atoms with Crippen molar-refractivity contribution < 1.29 is 13.6 Å². The van der Waals surface area contributed by atoms with E-state index in [1.165, 1.54) is 54.6 Å². The Morgan fingerprint density at radius 1 is 1.00 bits per heavy atom. The Kier molecular flexibility index (Phi) is 4.74. The molecule has 0 aliphatic heterocycles. The topological polar surface area (TPSA) is 43.1 Å². The van der Waals surface area contributed by atoms with Crippen molar-refractivity contribution in [2.75, 3.05) is 0 Å². The zero-order valence-corrected chi connectivity index (χ0v) is 12.7. The predicted molar refractivity (Wildman–Crippen MR) is 86.7 cm³/mol. The van der Waals surface area contributed by atoms with Gasteiger partial charge in [0.05, 0.1) is 0 Å². The van der Waals surface area contributed by atoms with Crippen LogP contribution in [0.3, 0.4) is 0 Å². The van der Waals surface area contributed by atoms with Gasteiger partial charge in [-0.25, -0.2) is 8.78 Å². The maximum Gasteiger partial charge on any atom is 0.237 e. The van der Waals surface area contributed by atoms with Gasteiger partial charge in [0.25, 0.3) is 0 Å². The summed E-state index contributed by atoms with van der Waals surface area (Å²) in [5, 5.41) is 0. The van der Waals surface area contributed by atoms with Crippen LogP contribution >= 0.6 is 0 Å². The van der Waals surface area contributed by atoms with Crippen LogP contribution in [-0.2, 0) is 10.2 Å². The monoisotopic (exact) mass is 313 g/mol. The Balaban J connectivity index is 2.85. The molecule has 2 N–H and O–H groups in total. The normalized spacial score (nSPS) is 12.0. The highest BCUT2D eigenvalue weighted by Crippen LogP contribution is 2.40. The van der Waals surface area contributed by atoms with Gasteiger partial charge in [-0.2, -0.15) is 0 Å². The highest BCUT2D eigenvalue weighted by molar-refractivity contribution is 5.95. The zero-order valence-electron chi connectivity index (χ0n) is 12.7. The minimum Gasteiger partial charge on any atom is -0.368 e. The van der Waals surface area contributed by atoms with E-state index >= 15 is 0 Å². The first-order valence-corrected chi connectivity index (χ1v) is 7.08. The van der Waals surface area contributed by atoms with Crippen LogP contribution in [0, 0.1) is 11.6 Å². The lowest BCUT2D eigenvalue weighted by Gasteiger charge is -2.33. The van der Waals surface area contributed by atoms with Crippen molar-refractivity contribution in [3.8, 4) is 0 Å². The molecule has 0 aliphatic carbocycles. The van der Waals surface area contributed by atoms with Gasteiger partial charge in [-0.15, -0.1) is 0 Å². The number of hydrogen-bond donors (Lipinski definition) is 1. The van der Waals surface area contributed by atoms with E-state index in [2.05, 4.69) is 6.58 Å². The summed E-state index contributed by atoms with van der Waals surface area (Å²) in [5.41, 5.74) is 5.91. The highest BCUT2D eigenvalue weighted by Gasteiger charge is 2.42. The third kappa shape index (κ3) is 2.80. The van der Waals surface area contributed by atoms with E-state index in [4.69, 9.17) is 5.73 Å². The van der Waals surface area contributed by atoms with E-state index in [-0.39, 0.29) is 0 Å². The van der Waals surface area contributed by atoms with Crippen LogP contribution in [0.25, 0.3) is 0 Å². The second-order valence-electron chi connectivity index (χ2n) is 5.08. The molecule has 0 fully saturated rings. The lowest BCUT2D eigenvalue weighted by molar-refractivity contribution is -0.121. The average Bonchev–Trinajstić information content (AvgIpc) is 2.54. The van der Waals surface area contributed by atoms with E-state index < -0.39 is 23.0 Å². The number of carbonyl (C=O) groups is 1. The summed E-state index contributed by atoms with van der Waals surface area (Å²) < 4.78 is 26.6. The van der Waals surface area contributed by atoms with Crippen molar-refractivity contribution in [2.45, 2.75) is 12.3 Å². The van der Waals surface area contributed by atoms with Crippen LogP contribution in [-0.4, -0.2) is 5.91 Å². The molecule has 0 radical (unpaired) electrons. The summed E-state index contributed by atoms with van der Waals surface area (Å²) in [6.07, 6.45) is 3.24. The van der Waals surface area contributed by atoms with Crippen molar-refractivity contribution >= 4 is 5.91 Å². The molecule has 118 valence electrons. The number of amides is 1. The first kappa shape index (κ1) is 16.6. The van der Waals surface area contributed by atoms with E-state index in [1.54, 1.807) is 13.0 Å². The van der Waals surface area contributed by atoms with Gasteiger partial charge in [0, 0.05) is 0 Å². The number of hydrogen-bond acceptors (Lipinski definition) is 1. The Bertz CT molecular complexity index is 700. The second-order valence-corrected chi connectivity index (χ2v) is 5.08. The Morgan fingerprint density at radius 2 is 1.39 bits per heavy atom. The molecule has 0 unspecified atom stereocenters. The van der Waals surface area contributed by atoms with Crippen LogP contribution in [0.15, 0.2) is 72.8 Å². The number of allylic oxidation sites excluding steroid dienone is 2. The van der Waals surface area contributed by atoms with Crippen molar-refractivity contribution in [3.63, 3.8) is 0 Å². The number of halogens is 2. The summed E-state index contributed by atoms with van der Waals surface area (Å²) in [4.78, 5) is 12.5. The van der Waals surface area contributed by atoms with E-state index in [0.29, 0.717) is 16.7 Å². The van der Waals surface area contributed by atoms with Gasteiger partial charge in [0.1, 0.15) is 17.0 Å². The van der Waals surface area contributed by atoms with Crippen molar-refractivity contribution in [1.82, 2.24) is 0 Å². The van der Waals surface area contributed by atoms with Gasteiger partial charge in [-0.05, 0) is 47.9 Å². The fraction of sp³-hybridized carbons (Fsp3) is 0.105. The van der Waals surface area contributed by atoms with Gasteiger partial charge in [0.15, 0.2) is 0 Å². The summed E-state index contributed by atoms with van der Waals surface area (Å²) >= 11 is 0.